The number of nitrogens with one attached hydrogen (secondary N) is 3. The summed E-state index contributed by atoms with van der Waals surface area (Å²) in [7, 11) is 5.73. The third-order valence-electron chi connectivity index (χ3n) is 16.7. The number of pyridine rings is 3. The zero-order chi connectivity index (χ0) is 78.3. The molecule has 0 unspecified atom stereocenters. The second-order valence-electron chi connectivity index (χ2n) is 24.4. The lowest BCUT2D eigenvalue weighted by atomic mass is 10.0. The van der Waals surface area contributed by atoms with Crippen LogP contribution in [-0.4, -0.2) is 100 Å². The molecule has 107 heavy (non-hydrogen) atoms. The summed E-state index contributed by atoms with van der Waals surface area (Å²) < 4.78 is 17.8. The lowest BCUT2D eigenvalue weighted by Crippen LogP contribution is -1.96. The van der Waals surface area contributed by atoms with Crippen molar-refractivity contribution in [2.24, 2.45) is 14.1 Å². The highest BCUT2D eigenvalue weighted by Gasteiger charge is 2.22. The third kappa shape index (κ3) is 19.6. The zero-order valence-corrected chi connectivity index (χ0v) is 64.1. The molecule has 8 heterocycles. The molecule has 0 radical (unpaired) electrons. The van der Waals surface area contributed by atoms with Gasteiger partial charge in [-0.25, -0.2) is 34.2 Å². The molecule has 0 aliphatic carbocycles. The van der Waals surface area contributed by atoms with Crippen LogP contribution in [0.3, 0.4) is 0 Å². The average molecular weight is 1450 g/mol. The first kappa shape index (κ1) is 81.2. The molecule has 15 rings (SSSR count). The Labute approximate surface area is 625 Å². The number of aryl methyl sites for hydroxylation is 12. The predicted octanol–water partition coefficient (Wildman–Crippen LogP) is 19.7. The Morgan fingerprint density at radius 2 is 0.860 bits per heavy atom. The number of hydrogen-bond acceptors (Lipinski definition) is 15. The number of H-pyrrole nitrogens is 3. The van der Waals surface area contributed by atoms with Crippen LogP contribution >= 0.6 is 11.8 Å². The fourth-order valence-electron chi connectivity index (χ4n) is 11.5. The van der Waals surface area contributed by atoms with Crippen molar-refractivity contribution in [2.45, 2.75) is 83.1 Å². The molecule has 0 fully saturated rings. The third-order valence-corrected chi connectivity index (χ3v) is 16.7. The van der Waals surface area contributed by atoms with Crippen LogP contribution < -0.4 is 0 Å². The van der Waals surface area contributed by atoms with Gasteiger partial charge in [0.05, 0.1) is 90.6 Å². The maximum atomic E-state index is 13.7. The molecular formula is C83H85FN18O4S. The molecule has 15 aromatic rings. The minimum absolute atomic E-state index is 0.258. The fraction of sp³-hybridized carbons (Fsp3) is 0.217. The van der Waals surface area contributed by atoms with E-state index in [0.29, 0.717) is 28.2 Å². The summed E-state index contributed by atoms with van der Waals surface area (Å²) in [6.07, 6.45) is 11.2. The monoisotopic (exact) mass is 1450 g/mol. The molecule has 8 aromatic heterocycles. The Morgan fingerprint density at radius 1 is 0.477 bits per heavy atom. The van der Waals surface area contributed by atoms with Crippen LogP contribution in [0.25, 0.3) is 117 Å². The Bertz CT molecular complexity index is 5590. The van der Waals surface area contributed by atoms with Gasteiger partial charge in [0.1, 0.15) is 34.7 Å². The number of aromatic nitrogens is 13. The number of aromatic amines is 3. The highest BCUT2D eigenvalue weighted by atomic mass is 32.2. The summed E-state index contributed by atoms with van der Waals surface area (Å²) in [5.41, 5.74) is 26.7. The number of hydrogen-bond donors (Lipinski definition) is 3. The van der Waals surface area contributed by atoms with Crippen LogP contribution in [0, 0.1) is 125 Å². The van der Waals surface area contributed by atoms with Crippen molar-refractivity contribution in [3.8, 4) is 69.3 Å². The van der Waals surface area contributed by atoms with Gasteiger partial charge in [-0.2, -0.15) is 22.3 Å². The van der Waals surface area contributed by atoms with Gasteiger partial charge in [-0.1, -0.05) is 86.6 Å². The Hall–Kier alpha value is -13.1. The van der Waals surface area contributed by atoms with Crippen LogP contribution in [0.15, 0.2) is 170 Å². The molecule has 24 heteroatoms. The van der Waals surface area contributed by atoms with Crippen molar-refractivity contribution in [1.82, 2.24) is 64.0 Å². The number of benzene rings is 7. The molecule has 544 valence electrons. The van der Waals surface area contributed by atoms with E-state index >= 15 is 0 Å². The highest BCUT2D eigenvalue weighted by molar-refractivity contribution is 7.97. The number of thioether (sulfide) groups is 1. The van der Waals surface area contributed by atoms with Crippen LogP contribution in [0.5, 0.6) is 0 Å². The molecule has 0 atom stereocenters. The normalized spacial score (nSPS) is 10.2. The van der Waals surface area contributed by atoms with E-state index in [0.717, 1.165) is 137 Å². The zero-order valence-electron chi connectivity index (χ0n) is 63.3. The molecule has 0 spiro atoms. The molecule has 7 aromatic carbocycles. The summed E-state index contributed by atoms with van der Waals surface area (Å²) >= 11 is 1.75. The molecule has 3 N–H and O–H groups in total. The summed E-state index contributed by atoms with van der Waals surface area (Å²) in [6.45, 7) is 31.6. The van der Waals surface area contributed by atoms with E-state index in [4.69, 9.17) is 37.0 Å². The molecule has 22 nitrogen and oxygen atoms in total. The van der Waals surface area contributed by atoms with Crippen LogP contribution in [0.2, 0.25) is 0 Å². The number of nitrogens with zero attached hydrogens (tertiary/aromatic N) is 15. The van der Waals surface area contributed by atoms with Gasteiger partial charge in [-0.05, 0) is 210 Å². The smallest absolute Gasteiger partial charge is 0.209 e. The molecule has 0 aliphatic heterocycles. The van der Waals surface area contributed by atoms with Gasteiger partial charge in [0.2, 0.25) is 5.69 Å². The number of imidazole rings is 5. The average Bonchev–Trinajstić information content (AvgIpc) is 1.63. The van der Waals surface area contributed by atoms with E-state index in [-0.39, 0.29) is 5.82 Å². The van der Waals surface area contributed by atoms with Crippen molar-refractivity contribution in [3.05, 3.63) is 275 Å². The van der Waals surface area contributed by atoms with Crippen molar-refractivity contribution in [1.29, 1.82) is 10.5 Å². The lowest BCUT2D eigenvalue weighted by molar-refractivity contribution is -0.445. The highest BCUT2D eigenvalue weighted by Crippen LogP contribution is 2.37. The second-order valence-corrected chi connectivity index (χ2v) is 25.2. The predicted molar refractivity (Wildman–Crippen MR) is 430 cm³/mol. The molecule has 0 amide bonds. The van der Waals surface area contributed by atoms with Crippen LogP contribution in [0.1, 0.15) is 80.6 Å². The summed E-state index contributed by atoms with van der Waals surface area (Å²) in [4.78, 5) is 66.1. The second kappa shape index (κ2) is 37.9. The number of halogens is 1. The lowest BCUT2D eigenvalue weighted by Gasteiger charge is -2.08. The molecule has 0 bridgehead atoms. The largest absolute Gasteiger partial charge is 0.338 e. The maximum Gasteiger partial charge on any atom is 0.209 e. The Balaban J connectivity index is 0.000000179. The summed E-state index contributed by atoms with van der Waals surface area (Å²) in [6, 6.07) is 50.6. The fourth-order valence-corrected chi connectivity index (χ4v) is 11.5. The Kier molecular flexibility index (Phi) is 28.7. The van der Waals surface area contributed by atoms with Crippen molar-refractivity contribution < 1.29 is 14.2 Å². The van der Waals surface area contributed by atoms with E-state index in [1.807, 2.05) is 164 Å². The molecule has 0 saturated carbocycles. The number of rotatable bonds is 5. The summed E-state index contributed by atoms with van der Waals surface area (Å²) in [5, 5.41) is 35.8. The number of nitro groups is 2. The first-order valence-corrected chi connectivity index (χ1v) is 35.5. The Morgan fingerprint density at radius 3 is 1.26 bits per heavy atom. The van der Waals surface area contributed by atoms with Crippen LogP contribution in [0.4, 0.5) is 10.1 Å². The minimum Gasteiger partial charge on any atom is -0.338 e. The van der Waals surface area contributed by atoms with Gasteiger partial charge in [0.25, 0.3) is 0 Å². The van der Waals surface area contributed by atoms with E-state index < -0.39 is 9.85 Å². The standard InChI is InChI=1S/C17H13N5.C16H13N3.C15H13FN2.C15H15N3.C14H13N3.C2H6S.C2H6.2CH3NO2/c1-10-12(9-18)14(19-3)11(2)16-15(10)21-17(22(16)4)13-7-5-6-8-20-13;1-10-3-4-11(2)15-14(10)18-16(19-15)13-7-5-12(9-17)6-8-13;1-9-7-8-10(2)14-13(9)17-15(18-14)11-5-3-4-6-12(11)16;1-10-7-8-11(2)14-13(10)17-15(18(14)3)12-6-4-5-9-16-12;1-9-3-4-10(2)13-12(9)16-14(17-13)11-5-7-15-8-6-11;1-3-2;1-2;2*1-2(3)4/h5-8H,1-2,4H3;3-8H,1-2H3,(H,18,19);3-8H,1-2H3,(H,17,18);4-9H,1-3H3;3-8H,1-2H3,(H,16,17);1-2H3;1-2H3;2*1H3. The van der Waals surface area contributed by atoms with E-state index in [2.05, 4.69) is 149 Å². The quantitative estimate of drug-likeness (QED) is 0.0820. The van der Waals surface area contributed by atoms with E-state index in [1.54, 1.807) is 48.7 Å². The number of fused-ring (bicyclic) bond motifs is 5. The topological polar surface area (TPSA) is 299 Å². The van der Waals surface area contributed by atoms with Gasteiger partial charge in [-0.3, -0.25) is 35.2 Å². The van der Waals surface area contributed by atoms with Crippen LogP contribution in [-0.2, 0) is 14.1 Å². The van der Waals surface area contributed by atoms with Crippen molar-refractivity contribution in [3.63, 3.8) is 0 Å². The van der Waals surface area contributed by atoms with Gasteiger partial charge in [0.15, 0.2) is 25.7 Å². The first-order valence-electron chi connectivity index (χ1n) is 33.9. The SMILES string of the molecule is CC.CSC.C[N+](=O)[O-].C[N+](=O)[O-].Cc1ccc(C)c2[nH]c(-c3ccc(C#N)cc3)nc12.Cc1ccc(C)c2[nH]c(-c3ccccc3F)nc12.Cc1ccc(C)c2[nH]c(-c3ccncc3)nc12.Cc1ccc(C)c2c1nc(-c1ccccn1)n2C.[C-]#[N+]c1c(C#N)c(C)c2nc(-c3ccccn3)n(C)c2c1C. The minimum atomic E-state index is -0.500. The first-order chi connectivity index (χ1) is 51.3. The van der Waals surface area contributed by atoms with Gasteiger partial charge in [-0.15, -0.1) is 0 Å². The van der Waals surface area contributed by atoms with Crippen molar-refractivity contribution in [2.75, 3.05) is 26.6 Å². The van der Waals surface area contributed by atoms with E-state index in [1.165, 1.54) is 39.4 Å². The molecular weight excluding hydrogens is 1360 g/mol. The van der Waals surface area contributed by atoms with Crippen molar-refractivity contribution >= 4 is 72.6 Å². The summed E-state index contributed by atoms with van der Waals surface area (Å²) in [5.74, 6) is 3.72. The van der Waals surface area contributed by atoms with Gasteiger partial charge >= 0.3 is 0 Å². The van der Waals surface area contributed by atoms with Gasteiger partial charge < -0.3 is 24.1 Å². The van der Waals surface area contributed by atoms with Gasteiger partial charge in [0, 0.05) is 59.9 Å². The maximum absolute atomic E-state index is 13.7. The molecule has 0 aliphatic rings. The van der Waals surface area contributed by atoms with E-state index in [9.17, 15) is 9.65 Å². The number of nitriles is 2. The molecule has 0 saturated heterocycles.